The van der Waals surface area contributed by atoms with Crippen molar-refractivity contribution < 1.29 is 4.79 Å². The zero-order valence-corrected chi connectivity index (χ0v) is 20.9. The van der Waals surface area contributed by atoms with Crippen molar-refractivity contribution in [3.8, 4) is 0 Å². The third-order valence-corrected chi connectivity index (χ3v) is 6.68. The van der Waals surface area contributed by atoms with Gasteiger partial charge in [0.05, 0.1) is 17.8 Å². The molecule has 1 saturated heterocycles. The number of thiocarbonyl (C=S) groups is 1. The molecule has 4 heterocycles. The lowest BCUT2D eigenvalue weighted by Crippen LogP contribution is -2.33. The summed E-state index contributed by atoms with van der Waals surface area (Å²) in [6.45, 7) is 3.18. The van der Waals surface area contributed by atoms with Crippen LogP contribution in [0.15, 0.2) is 91.5 Å². The molecule has 1 fully saturated rings. The highest BCUT2D eigenvalue weighted by Gasteiger charge is 2.41. The van der Waals surface area contributed by atoms with Gasteiger partial charge >= 0.3 is 0 Å². The smallest absolute Gasteiger partial charge is 0.226 e. The molecule has 2 N–H and O–H groups in total. The topological polar surface area (TPSA) is 75.1 Å². The maximum absolute atomic E-state index is 12.8. The Labute approximate surface area is 216 Å². The van der Waals surface area contributed by atoms with Gasteiger partial charge in [-0.05, 0) is 72.7 Å². The first-order valence-electron chi connectivity index (χ1n) is 12.0. The normalized spacial score (nSPS) is 17.1. The molecule has 0 unspecified atom stereocenters. The van der Waals surface area contributed by atoms with Gasteiger partial charge < -0.3 is 20.1 Å². The largest absolute Gasteiger partial charge is 0.352 e. The molecule has 8 heteroatoms. The maximum atomic E-state index is 12.8. The van der Waals surface area contributed by atoms with Gasteiger partial charge in [-0.1, -0.05) is 24.3 Å². The summed E-state index contributed by atoms with van der Waals surface area (Å²) in [7, 11) is 0. The Hall–Kier alpha value is -4.04. The number of hydrogen-bond acceptors (Lipinski definition) is 4. The zero-order valence-electron chi connectivity index (χ0n) is 20.0. The molecule has 0 bridgehead atoms. The first kappa shape index (κ1) is 23.7. The van der Waals surface area contributed by atoms with E-state index in [1.807, 2.05) is 67.7 Å². The Balaban J connectivity index is 1.40. The van der Waals surface area contributed by atoms with Crippen molar-refractivity contribution in [2.45, 2.75) is 32.0 Å². The van der Waals surface area contributed by atoms with E-state index >= 15 is 0 Å². The number of nitrogens with zero attached hydrogens (tertiary/aromatic N) is 4. The minimum absolute atomic E-state index is 0.0471. The van der Waals surface area contributed by atoms with Gasteiger partial charge in [-0.25, -0.2) is 0 Å². The molecular weight excluding hydrogens is 468 g/mol. The van der Waals surface area contributed by atoms with E-state index in [4.69, 9.17) is 12.2 Å². The standard InChI is InChI=1S/C28H28N6OS/c1-20-7-4-9-22(17-20)31-25(35)12-16-34-27(26(32-28(34)36)23-10-2-3-14-30-23)24-11-6-15-33(24)19-21-8-5-13-29-18-21/h2-11,13-15,17-18,26-27H,12,16,19H2,1H3,(H,31,35)(H,32,36)/t26-,27-/m1/s1. The van der Waals surface area contributed by atoms with Crippen molar-refractivity contribution >= 4 is 28.9 Å². The molecule has 1 aliphatic rings. The summed E-state index contributed by atoms with van der Waals surface area (Å²) in [5, 5.41) is 7.09. The van der Waals surface area contributed by atoms with Crippen LogP contribution in [0.1, 0.15) is 41.0 Å². The lowest BCUT2D eigenvalue weighted by molar-refractivity contribution is -0.116. The summed E-state index contributed by atoms with van der Waals surface area (Å²) in [6, 6.07) is 21.6. The van der Waals surface area contributed by atoms with E-state index in [1.165, 1.54) is 0 Å². The van der Waals surface area contributed by atoms with Crippen LogP contribution < -0.4 is 10.6 Å². The molecule has 36 heavy (non-hydrogen) atoms. The highest BCUT2D eigenvalue weighted by molar-refractivity contribution is 7.80. The average Bonchev–Trinajstić information content (AvgIpc) is 3.47. The molecule has 0 radical (unpaired) electrons. The molecule has 1 amide bonds. The van der Waals surface area contributed by atoms with E-state index in [1.54, 1.807) is 12.4 Å². The van der Waals surface area contributed by atoms with Gasteiger partial charge in [0.25, 0.3) is 0 Å². The number of pyridine rings is 2. The number of amides is 1. The molecule has 2 atom stereocenters. The van der Waals surface area contributed by atoms with Crippen LogP contribution in [0.25, 0.3) is 0 Å². The van der Waals surface area contributed by atoms with Crippen molar-refractivity contribution in [3.05, 3.63) is 114 Å². The number of hydrogen-bond donors (Lipinski definition) is 2. The second kappa shape index (κ2) is 10.7. The predicted octanol–water partition coefficient (Wildman–Crippen LogP) is 4.64. The van der Waals surface area contributed by atoms with Crippen molar-refractivity contribution in [1.82, 2.24) is 24.8 Å². The maximum Gasteiger partial charge on any atom is 0.226 e. The van der Waals surface area contributed by atoms with Gasteiger partial charge in [0.2, 0.25) is 5.91 Å². The molecule has 1 aromatic carbocycles. The summed E-state index contributed by atoms with van der Waals surface area (Å²) in [5.74, 6) is -0.0471. The van der Waals surface area contributed by atoms with E-state index < -0.39 is 0 Å². The number of aromatic nitrogens is 3. The van der Waals surface area contributed by atoms with Gasteiger partial charge in [0.1, 0.15) is 0 Å². The average molecular weight is 497 g/mol. The lowest BCUT2D eigenvalue weighted by Gasteiger charge is -2.29. The van der Waals surface area contributed by atoms with E-state index in [2.05, 4.69) is 48.4 Å². The fraction of sp³-hybridized carbons (Fsp3) is 0.214. The predicted molar refractivity (Wildman–Crippen MR) is 144 cm³/mol. The summed E-state index contributed by atoms with van der Waals surface area (Å²) in [4.78, 5) is 23.8. The molecule has 4 aromatic rings. The Bertz CT molecular complexity index is 1340. The fourth-order valence-electron chi connectivity index (χ4n) is 4.66. The lowest BCUT2D eigenvalue weighted by atomic mass is 10.0. The highest BCUT2D eigenvalue weighted by atomic mass is 32.1. The molecule has 3 aromatic heterocycles. The van der Waals surface area contributed by atoms with Crippen molar-refractivity contribution in [3.63, 3.8) is 0 Å². The number of carbonyl (C=O) groups is 1. The van der Waals surface area contributed by atoms with Gasteiger partial charge in [-0.15, -0.1) is 0 Å². The van der Waals surface area contributed by atoms with Gasteiger partial charge in [0.15, 0.2) is 5.11 Å². The van der Waals surface area contributed by atoms with Crippen LogP contribution in [0.3, 0.4) is 0 Å². The zero-order chi connectivity index (χ0) is 24.9. The fourth-order valence-corrected chi connectivity index (χ4v) is 5.00. The van der Waals surface area contributed by atoms with Crippen molar-refractivity contribution in [2.24, 2.45) is 0 Å². The Morgan fingerprint density at radius 3 is 2.78 bits per heavy atom. The molecule has 0 saturated carbocycles. The van der Waals surface area contributed by atoms with E-state index in [0.717, 1.165) is 28.2 Å². The van der Waals surface area contributed by atoms with Crippen molar-refractivity contribution in [2.75, 3.05) is 11.9 Å². The molecule has 182 valence electrons. The Morgan fingerprint density at radius 2 is 2.00 bits per heavy atom. The van der Waals surface area contributed by atoms with Crippen molar-refractivity contribution in [1.29, 1.82) is 0 Å². The monoisotopic (exact) mass is 496 g/mol. The second-order valence-electron chi connectivity index (χ2n) is 8.91. The minimum Gasteiger partial charge on any atom is -0.352 e. The van der Waals surface area contributed by atoms with Crippen LogP contribution in [0.2, 0.25) is 0 Å². The van der Waals surface area contributed by atoms with Gasteiger partial charge in [0, 0.05) is 55.7 Å². The number of benzene rings is 1. The Morgan fingerprint density at radius 1 is 1.08 bits per heavy atom. The van der Waals surface area contributed by atoms with E-state index in [9.17, 15) is 4.79 Å². The van der Waals surface area contributed by atoms with Gasteiger partial charge in [-0.2, -0.15) is 0 Å². The molecule has 1 aliphatic heterocycles. The second-order valence-corrected chi connectivity index (χ2v) is 9.30. The van der Waals surface area contributed by atoms with Crippen LogP contribution in [-0.4, -0.2) is 37.0 Å². The van der Waals surface area contributed by atoms with Crippen LogP contribution in [-0.2, 0) is 11.3 Å². The molecule has 5 rings (SSSR count). The third kappa shape index (κ3) is 5.28. The van der Waals surface area contributed by atoms with Crippen LogP contribution in [0.5, 0.6) is 0 Å². The summed E-state index contributed by atoms with van der Waals surface area (Å²) in [5.41, 5.74) is 5.02. The molecule has 0 aliphatic carbocycles. The molecule has 0 spiro atoms. The van der Waals surface area contributed by atoms with Crippen LogP contribution in [0, 0.1) is 6.92 Å². The minimum atomic E-state index is -0.138. The Kier molecular flexibility index (Phi) is 7.04. The summed E-state index contributed by atoms with van der Waals surface area (Å²) < 4.78 is 2.22. The van der Waals surface area contributed by atoms with Crippen LogP contribution >= 0.6 is 12.2 Å². The third-order valence-electron chi connectivity index (χ3n) is 6.32. The number of nitrogens with one attached hydrogen (secondary N) is 2. The summed E-state index contributed by atoms with van der Waals surface area (Å²) >= 11 is 5.78. The van der Waals surface area contributed by atoms with Crippen LogP contribution in [0.4, 0.5) is 5.69 Å². The highest BCUT2D eigenvalue weighted by Crippen LogP contribution is 2.39. The van der Waals surface area contributed by atoms with E-state index in [-0.39, 0.29) is 18.0 Å². The number of aryl methyl sites for hydroxylation is 1. The summed E-state index contributed by atoms with van der Waals surface area (Å²) in [6.07, 6.45) is 7.83. The van der Waals surface area contributed by atoms with E-state index in [0.29, 0.717) is 24.6 Å². The molecule has 7 nitrogen and oxygen atoms in total. The number of carbonyl (C=O) groups excluding carboxylic acids is 1. The molecular formula is C28H28N6OS. The first-order chi connectivity index (χ1) is 17.6. The SMILES string of the molecule is Cc1cccc(NC(=O)CCN2C(=S)N[C@H](c3ccccn3)[C@H]2c2cccn2Cc2cccnc2)c1. The van der Waals surface area contributed by atoms with Gasteiger partial charge in [-0.3, -0.25) is 14.8 Å². The first-order valence-corrected chi connectivity index (χ1v) is 12.4. The number of rotatable bonds is 8. The quantitative estimate of drug-likeness (QED) is 0.346. The number of anilines is 1.